The van der Waals surface area contributed by atoms with Crippen LogP contribution in [0, 0.1) is 0 Å². The van der Waals surface area contributed by atoms with E-state index in [2.05, 4.69) is 115 Å². The van der Waals surface area contributed by atoms with E-state index in [1.807, 2.05) is 72.8 Å². The van der Waals surface area contributed by atoms with Crippen molar-refractivity contribution in [1.82, 2.24) is 15.0 Å². The smallest absolute Gasteiger partial charge is 0.164 e. The first-order chi connectivity index (χ1) is 30.2. The summed E-state index contributed by atoms with van der Waals surface area (Å²) < 4.78 is 37.6. The zero-order valence-electron chi connectivity index (χ0n) is 35.9. The second kappa shape index (κ2) is 14.2. The van der Waals surface area contributed by atoms with Crippen molar-refractivity contribution in [2.45, 2.75) is 37.4 Å². The molecule has 0 atom stereocenters. The zero-order valence-corrected chi connectivity index (χ0v) is 31.9. The number of aromatic nitrogens is 3. The maximum absolute atomic E-state index is 9.41. The standard InChI is InChI=1S/C55H41N3/c1-3-13-37(14-4-1)39-23-26-40(27-24-39)52-56-53(58-54(57-52)47-28-25-38-15-5-6-16-41(38)34-47)46-20-12-19-44(35-46)42-17-11-18-43(33-42)45-29-30-49-48-21-7-8-22-50(48)55(51(49)36-45)31-9-2-10-32-55/h1,3-8,11-30,33-36H,2,9-10,31-32H2/i31D2,32D2. The zero-order chi connectivity index (χ0) is 42.1. The molecule has 0 bridgehead atoms. The lowest BCUT2D eigenvalue weighted by atomic mass is 9.67. The van der Waals surface area contributed by atoms with Crippen LogP contribution < -0.4 is 0 Å². The van der Waals surface area contributed by atoms with Gasteiger partial charge in [-0.2, -0.15) is 0 Å². The van der Waals surface area contributed by atoms with Crippen LogP contribution >= 0.6 is 0 Å². The third-order valence-corrected chi connectivity index (χ3v) is 11.7. The summed E-state index contributed by atoms with van der Waals surface area (Å²) in [7, 11) is 0. The molecule has 2 aliphatic rings. The van der Waals surface area contributed by atoms with E-state index in [0.29, 0.717) is 36.7 Å². The molecule has 0 saturated heterocycles. The van der Waals surface area contributed by atoms with Gasteiger partial charge in [0.2, 0.25) is 0 Å². The molecule has 0 aliphatic heterocycles. The lowest BCUT2D eigenvalue weighted by Crippen LogP contribution is -2.28. The highest BCUT2D eigenvalue weighted by molar-refractivity contribution is 5.87. The van der Waals surface area contributed by atoms with Gasteiger partial charge >= 0.3 is 0 Å². The van der Waals surface area contributed by atoms with Crippen LogP contribution in [0.4, 0.5) is 0 Å². The van der Waals surface area contributed by atoms with Crippen molar-refractivity contribution in [1.29, 1.82) is 0 Å². The monoisotopic (exact) mass is 747 g/mol. The SMILES string of the molecule is [2H]C1([2H])CCCC([2H])([2H])C12c1ccccc1-c1ccc(-c3cccc(-c4cccc(-c5nc(-c6ccc(-c7ccccc7)cc6)nc(-c6ccc7ccccc7c6)n5)c4)c3)cc12. The van der Waals surface area contributed by atoms with Crippen molar-refractivity contribution >= 4 is 10.8 Å². The van der Waals surface area contributed by atoms with Crippen molar-refractivity contribution in [3.05, 3.63) is 199 Å². The molecule has 9 aromatic rings. The van der Waals surface area contributed by atoms with Gasteiger partial charge in [-0.3, -0.25) is 0 Å². The predicted octanol–water partition coefficient (Wildman–Crippen LogP) is 14.3. The van der Waals surface area contributed by atoms with E-state index in [4.69, 9.17) is 15.0 Å². The van der Waals surface area contributed by atoms with Gasteiger partial charge in [0, 0.05) is 27.6 Å². The molecule has 1 aromatic heterocycles. The van der Waals surface area contributed by atoms with Gasteiger partial charge in [0.1, 0.15) is 0 Å². The summed E-state index contributed by atoms with van der Waals surface area (Å²) in [5, 5.41) is 2.26. The summed E-state index contributed by atoms with van der Waals surface area (Å²) in [6.07, 6.45) is -2.41. The molecule has 2 aliphatic carbocycles. The molecule has 58 heavy (non-hydrogen) atoms. The molecule has 3 heteroatoms. The van der Waals surface area contributed by atoms with Gasteiger partial charge in [0.05, 0.1) is 0 Å². The van der Waals surface area contributed by atoms with Crippen LogP contribution in [0.1, 0.15) is 48.6 Å². The van der Waals surface area contributed by atoms with Crippen LogP contribution in [-0.4, -0.2) is 15.0 Å². The second-order valence-corrected chi connectivity index (χ2v) is 15.2. The molecule has 1 fully saturated rings. The van der Waals surface area contributed by atoms with E-state index >= 15 is 0 Å². The van der Waals surface area contributed by atoms with Gasteiger partial charge in [-0.1, -0.05) is 183 Å². The summed E-state index contributed by atoms with van der Waals surface area (Å²) >= 11 is 0. The average molecular weight is 748 g/mol. The summed E-state index contributed by atoms with van der Waals surface area (Å²) in [5.74, 6) is 1.76. The third-order valence-electron chi connectivity index (χ3n) is 11.7. The van der Waals surface area contributed by atoms with Gasteiger partial charge in [0.25, 0.3) is 0 Å². The first kappa shape index (κ1) is 30.2. The Hall–Kier alpha value is -6.97. The van der Waals surface area contributed by atoms with Crippen molar-refractivity contribution in [3.8, 4) is 78.7 Å². The Bertz CT molecular complexity index is 3160. The number of hydrogen-bond acceptors (Lipinski definition) is 3. The van der Waals surface area contributed by atoms with Gasteiger partial charge in [-0.15, -0.1) is 0 Å². The van der Waals surface area contributed by atoms with E-state index in [1.165, 1.54) is 0 Å². The number of nitrogens with zero attached hydrogens (tertiary/aromatic N) is 3. The molecule has 1 heterocycles. The summed E-state index contributed by atoms with van der Waals surface area (Å²) in [5.41, 5.74) is 10.7. The third kappa shape index (κ3) is 6.02. The quantitative estimate of drug-likeness (QED) is 0.170. The van der Waals surface area contributed by atoms with E-state index in [1.54, 1.807) is 0 Å². The van der Waals surface area contributed by atoms with E-state index in [9.17, 15) is 5.48 Å². The molecule has 1 saturated carbocycles. The number of benzene rings is 8. The Morgan fingerprint density at radius 1 is 0.328 bits per heavy atom. The molecule has 0 N–H and O–H groups in total. The first-order valence-corrected chi connectivity index (χ1v) is 20.1. The Morgan fingerprint density at radius 2 is 0.810 bits per heavy atom. The molecule has 1 spiro atoms. The minimum Gasteiger partial charge on any atom is -0.208 e. The van der Waals surface area contributed by atoms with E-state index in [0.717, 1.165) is 83.1 Å². The Kier molecular flexibility index (Phi) is 7.39. The van der Waals surface area contributed by atoms with E-state index in [-0.39, 0.29) is 0 Å². The fourth-order valence-corrected chi connectivity index (χ4v) is 8.79. The van der Waals surface area contributed by atoms with Gasteiger partial charge in [-0.05, 0) is 103 Å². The van der Waals surface area contributed by atoms with Crippen LogP contribution in [0.15, 0.2) is 188 Å². The maximum atomic E-state index is 9.41. The molecular formula is C55H41N3. The van der Waals surface area contributed by atoms with Crippen molar-refractivity contribution in [2.75, 3.05) is 0 Å². The average Bonchev–Trinajstić information content (AvgIpc) is 3.63. The highest BCUT2D eigenvalue weighted by Crippen LogP contribution is 2.56. The predicted molar refractivity (Wildman–Crippen MR) is 239 cm³/mol. The second-order valence-electron chi connectivity index (χ2n) is 15.2. The topological polar surface area (TPSA) is 38.7 Å². The van der Waals surface area contributed by atoms with Crippen molar-refractivity contribution in [2.24, 2.45) is 0 Å². The number of hydrogen-bond donors (Lipinski definition) is 0. The number of fused-ring (bicyclic) bond motifs is 6. The largest absolute Gasteiger partial charge is 0.208 e. The van der Waals surface area contributed by atoms with E-state index < -0.39 is 18.2 Å². The molecule has 0 amide bonds. The minimum absolute atomic E-state index is 0.309. The first-order valence-electron chi connectivity index (χ1n) is 22.1. The normalized spacial score (nSPS) is 16.8. The number of rotatable bonds is 6. The molecule has 8 aromatic carbocycles. The molecule has 0 radical (unpaired) electrons. The highest BCUT2D eigenvalue weighted by Gasteiger charge is 2.43. The van der Waals surface area contributed by atoms with Crippen LogP contribution in [0.25, 0.3) is 89.4 Å². The van der Waals surface area contributed by atoms with Gasteiger partial charge < -0.3 is 0 Å². The Morgan fingerprint density at radius 3 is 1.55 bits per heavy atom. The molecule has 0 unspecified atom stereocenters. The van der Waals surface area contributed by atoms with Gasteiger partial charge in [0.15, 0.2) is 17.5 Å². The Balaban J connectivity index is 0.992. The lowest BCUT2D eigenvalue weighted by molar-refractivity contribution is 0.353. The maximum Gasteiger partial charge on any atom is 0.164 e. The van der Waals surface area contributed by atoms with Crippen LogP contribution in [0.3, 0.4) is 0 Å². The van der Waals surface area contributed by atoms with Crippen LogP contribution in [-0.2, 0) is 5.41 Å². The fourth-order valence-electron chi connectivity index (χ4n) is 8.79. The fraction of sp³-hybridized carbons (Fsp3) is 0.109. The Labute approximate surface area is 345 Å². The summed E-state index contributed by atoms with van der Waals surface area (Å²) in [6, 6.07) is 64.0. The molecule has 276 valence electrons. The minimum atomic E-state index is -1.77. The summed E-state index contributed by atoms with van der Waals surface area (Å²) in [4.78, 5) is 15.3. The molecule has 3 nitrogen and oxygen atoms in total. The highest BCUT2D eigenvalue weighted by atomic mass is 15.0. The van der Waals surface area contributed by atoms with Gasteiger partial charge in [-0.25, -0.2) is 15.0 Å². The van der Waals surface area contributed by atoms with Crippen LogP contribution in [0.5, 0.6) is 0 Å². The molecular weight excluding hydrogens is 703 g/mol. The van der Waals surface area contributed by atoms with Crippen molar-refractivity contribution in [3.63, 3.8) is 0 Å². The summed E-state index contributed by atoms with van der Waals surface area (Å²) in [6.45, 7) is 0. The lowest BCUT2D eigenvalue weighted by Gasteiger charge is -2.36. The molecule has 11 rings (SSSR count). The van der Waals surface area contributed by atoms with Crippen LogP contribution in [0.2, 0.25) is 0 Å². The van der Waals surface area contributed by atoms with Crippen molar-refractivity contribution < 1.29 is 5.48 Å².